The largest absolute Gasteiger partial charge is 0.326 e. The minimum absolute atomic E-state index is 0.513. The Labute approximate surface area is 103 Å². The molecule has 4 nitrogen and oxygen atoms in total. The third kappa shape index (κ3) is 2.15. The van der Waals surface area contributed by atoms with Crippen molar-refractivity contribution in [3.8, 4) is 5.69 Å². The van der Waals surface area contributed by atoms with E-state index in [0.717, 1.165) is 27.4 Å². The van der Waals surface area contributed by atoms with E-state index in [1.165, 1.54) is 0 Å². The Morgan fingerprint density at radius 1 is 1.31 bits per heavy atom. The van der Waals surface area contributed by atoms with Gasteiger partial charge in [0, 0.05) is 11.0 Å². The van der Waals surface area contributed by atoms with Gasteiger partial charge in [0.05, 0.1) is 5.69 Å². The summed E-state index contributed by atoms with van der Waals surface area (Å²) < 4.78 is 2.82. The first-order chi connectivity index (χ1) is 7.60. The number of nitrogens with zero attached hydrogens (tertiary/aromatic N) is 3. The van der Waals surface area contributed by atoms with E-state index in [1.807, 2.05) is 36.7 Å². The molecule has 0 aliphatic rings. The van der Waals surface area contributed by atoms with Gasteiger partial charge in [-0.2, -0.15) is 5.10 Å². The van der Waals surface area contributed by atoms with E-state index in [9.17, 15) is 0 Å². The highest BCUT2D eigenvalue weighted by molar-refractivity contribution is 9.10. The van der Waals surface area contributed by atoms with Gasteiger partial charge < -0.3 is 5.73 Å². The Kier molecular flexibility index (Phi) is 3.07. The van der Waals surface area contributed by atoms with Crippen LogP contribution in [0.1, 0.15) is 17.2 Å². The summed E-state index contributed by atoms with van der Waals surface area (Å²) in [5.74, 6) is 1.64. The molecular formula is C11H13BrN4. The predicted molar refractivity (Wildman–Crippen MR) is 66.4 cm³/mol. The summed E-state index contributed by atoms with van der Waals surface area (Å²) in [6.45, 7) is 4.33. The molecule has 0 bridgehead atoms. The van der Waals surface area contributed by atoms with Crippen molar-refractivity contribution in [3.05, 3.63) is 39.9 Å². The molecule has 5 heteroatoms. The van der Waals surface area contributed by atoms with Crippen molar-refractivity contribution < 1.29 is 0 Å². The van der Waals surface area contributed by atoms with Gasteiger partial charge >= 0.3 is 0 Å². The summed E-state index contributed by atoms with van der Waals surface area (Å²) in [7, 11) is 0. The van der Waals surface area contributed by atoms with Gasteiger partial charge in [0.1, 0.15) is 11.6 Å². The van der Waals surface area contributed by atoms with Crippen molar-refractivity contribution in [3.63, 3.8) is 0 Å². The van der Waals surface area contributed by atoms with Gasteiger partial charge in [-0.05, 0) is 37.6 Å². The summed E-state index contributed by atoms with van der Waals surface area (Å²) >= 11 is 3.47. The van der Waals surface area contributed by atoms with Crippen LogP contribution in [0, 0.1) is 13.8 Å². The van der Waals surface area contributed by atoms with E-state index in [4.69, 9.17) is 5.73 Å². The number of benzene rings is 1. The monoisotopic (exact) mass is 280 g/mol. The van der Waals surface area contributed by atoms with E-state index in [-0.39, 0.29) is 0 Å². The second-order valence-corrected chi connectivity index (χ2v) is 4.56. The molecular weight excluding hydrogens is 268 g/mol. The lowest BCUT2D eigenvalue weighted by atomic mass is 10.2. The van der Waals surface area contributed by atoms with Crippen LogP contribution < -0.4 is 5.73 Å². The van der Waals surface area contributed by atoms with Crippen LogP contribution in [0.2, 0.25) is 0 Å². The van der Waals surface area contributed by atoms with Crippen LogP contribution in [0.15, 0.2) is 22.7 Å². The van der Waals surface area contributed by atoms with Crippen molar-refractivity contribution in [2.75, 3.05) is 0 Å². The van der Waals surface area contributed by atoms with Crippen LogP contribution in [0.5, 0.6) is 0 Å². The van der Waals surface area contributed by atoms with Gasteiger partial charge in [0.2, 0.25) is 0 Å². The van der Waals surface area contributed by atoms with Crippen LogP contribution in [-0.2, 0) is 6.54 Å². The number of aromatic nitrogens is 3. The summed E-state index contributed by atoms with van der Waals surface area (Å²) in [5, 5.41) is 4.34. The first kappa shape index (κ1) is 11.3. The van der Waals surface area contributed by atoms with E-state index in [2.05, 4.69) is 26.0 Å². The molecule has 16 heavy (non-hydrogen) atoms. The van der Waals surface area contributed by atoms with Crippen molar-refractivity contribution in [2.24, 2.45) is 5.73 Å². The van der Waals surface area contributed by atoms with Crippen LogP contribution in [0.25, 0.3) is 5.69 Å². The Hall–Kier alpha value is -1.20. The third-order valence-corrected chi connectivity index (χ3v) is 2.76. The zero-order valence-electron chi connectivity index (χ0n) is 9.24. The van der Waals surface area contributed by atoms with Crippen LogP contribution in [-0.4, -0.2) is 14.8 Å². The lowest BCUT2D eigenvalue weighted by molar-refractivity contribution is 0.827. The second kappa shape index (κ2) is 4.35. The van der Waals surface area contributed by atoms with Crippen molar-refractivity contribution in [2.45, 2.75) is 20.4 Å². The highest BCUT2D eigenvalue weighted by Gasteiger charge is 2.06. The Morgan fingerprint density at radius 3 is 2.62 bits per heavy atom. The third-order valence-electron chi connectivity index (χ3n) is 2.30. The summed E-state index contributed by atoms with van der Waals surface area (Å²) in [6.07, 6.45) is 0. The maximum Gasteiger partial charge on any atom is 0.148 e. The molecule has 0 amide bonds. The van der Waals surface area contributed by atoms with E-state index in [1.54, 1.807) is 0 Å². The summed E-state index contributed by atoms with van der Waals surface area (Å²) in [5.41, 5.74) is 7.69. The molecule has 1 aromatic carbocycles. The Bertz CT molecular complexity index is 519. The quantitative estimate of drug-likeness (QED) is 0.917. The minimum Gasteiger partial charge on any atom is -0.326 e. The zero-order chi connectivity index (χ0) is 11.7. The van der Waals surface area contributed by atoms with Gasteiger partial charge in [-0.3, -0.25) is 0 Å². The maximum atomic E-state index is 5.64. The van der Waals surface area contributed by atoms with Gasteiger partial charge in [-0.1, -0.05) is 15.9 Å². The molecule has 2 rings (SSSR count). The molecule has 0 saturated heterocycles. The standard InChI is InChI=1S/C11H13BrN4/c1-7-14-8(2)16(15-7)11-4-9(6-13)3-10(12)5-11/h3-5H,6,13H2,1-2H3. The lowest BCUT2D eigenvalue weighted by Gasteiger charge is -2.06. The average Bonchev–Trinajstić information content (AvgIpc) is 2.57. The number of aryl methyl sites for hydroxylation is 2. The zero-order valence-corrected chi connectivity index (χ0v) is 10.8. The topological polar surface area (TPSA) is 56.7 Å². The number of hydrogen-bond donors (Lipinski definition) is 1. The van der Waals surface area contributed by atoms with E-state index < -0.39 is 0 Å². The Morgan fingerprint density at radius 2 is 2.06 bits per heavy atom. The van der Waals surface area contributed by atoms with Crippen molar-refractivity contribution >= 4 is 15.9 Å². The molecule has 1 heterocycles. The molecule has 0 atom stereocenters. The molecule has 0 aliphatic carbocycles. The molecule has 2 N–H and O–H groups in total. The predicted octanol–water partition coefficient (Wildman–Crippen LogP) is 2.11. The molecule has 0 unspecified atom stereocenters. The normalized spacial score (nSPS) is 10.8. The Balaban J connectivity index is 2.55. The fourth-order valence-corrected chi connectivity index (χ4v) is 2.17. The fourth-order valence-electron chi connectivity index (χ4n) is 1.64. The molecule has 0 aliphatic heterocycles. The summed E-state index contributed by atoms with van der Waals surface area (Å²) in [4.78, 5) is 4.28. The van der Waals surface area contributed by atoms with Crippen molar-refractivity contribution in [1.82, 2.24) is 14.8 Å². The SMILES string of the molecule is Cc1nc(C)n(-c2cc(Br)cc(CN)c2)n1. The highest BCUT2D eigenvalue weighted by Crippen LogP contribution is 2.19. The van der Waals surface area contributed by atoms with E-state index in [0.29, 0.717) is 6.54 Å². The molecule has 2 aromatic rings. The first-order valence-corrected chi connectivity index (χ1v) is 5.79. The number of nitrogens with two attached hydrogens (primary N) is 1. The smallest absolute Gasteiger partial charge is 0.148 e. The van der Waals surface area contributed by atoms with Crippen LogP contribution >= 0.6 is 15.9 Å². The molecule has 1 aromatic heterocycles. The maximum absolute atomic E-state index is 5.64. The minimum atomic E-state index is 0.513. The highest BCUT2D eigenvalue weighted by atomic mass is 79.9. The van der Waals surface area contributed by atoms with Gasteiger partial charge in [-0.15, -0.1) is 0 Å². The second-order valence-electron chi connectivity index (χ2n) is 3.64. The molecule has 0 saturated carbocycles. The molecule has 84 valence electrons. The summed E-state index contributed by atoms with van der Waals surface area (Å²) in [6, 6.07) is 6.02. The number of rotatable bonds is 2. The number of halogens is 1. The van der Waals surface area contributed by atoms with Crippen LogP contribution in [0.4, 0.5) is 0 Å². The van der Waals surface area contributed by atoms with Gasteiger partial charge in [0.25, 0.3) is 0 Å². The van der Waals surface area contributed by atoms with Gasteiger partial charge in [-0.25, -0.2) is 9.67 Å². The first-order valence-electron chi connectivity index (χ1n) is 5.00. The number of hydrogen-bond acceptors (Lipinski definition) is 3. The lowest BCUT2D eigenvalue weighted by Crippen LogP contribution is -2.02. The molecule has 0 fully saturated rings. The van der Waals surface area contributed by atoms with Gasteiger partial charge in [0.15, 0.2) is 0 Å². The average molecular weight is 281 g/mol. The fraction of sp³-hybridized carbons (Fsp3) is 0.273. The molecule has 0 radical (unpaired) electrons. The molecule has 0 spiro atoms. The van der Waals surface area contributed by atoms with E-state index >= 15 is 0 Å². The van der Waals surface area contributed by atoms with Crippen LogP contribution in [0.3, 0.4) is 0 Å². The van der Waals surface area contributed by atoms with Crippen molar-refractivity contribution in [1.29, 1.82) is 0 Å².